The fourth-order valence-electron chi connectivity index (χ4n) is 2.81. The van der Waals surface area contributed by atoms with Crippen molar-refractivity contribution in [3.8, 4) is 0 Å². The Balaban J connectivity index is 2.09. The first-order chi connectivity index (χ1) is 10.6. The zero-order valence-electron chi connectivity index (χ0n) is 12.6. The molecule has 112 valence electrons. The third-order valence-corrected chi connectivity index (χ3v) is 3.98. The van der Waals surface area contributed by atoms with E-state index in [1.54, 1.807) is 6.07 Å². The van der Waals surface area contributed by atoms with Crippen molar-refractivity contribution in [2.45, 2.75) is 19.4 Å². The Hall–Kier alpha value is -2.62. The largest absolute Gasteiger partial charge is 0.467 e. The van der Waals surface area contributed by atoms with E-state index in [4.69, 9.17) is 4.74 Å². The van der Waals surface area contributed by atoms with Crippen molar-refractivity contribution < 1.29 is 14.3 Å². The number of esters is 1. The van der Waals surface area contributed by atoms with E-state index in [1.807, 2.05) is 49.4 Å². The van der Waals surface area contributed by atoms with Gasteiger partial charge in [-0.2, -0.15) is 0 Å². The van der Waals surface area contributed by atoms with Gasteiger partial charge in [-0.25, -0.2) is 4.79 Å². The standard InChI is InChI=1S/C18H17NO3/c1-12-7-9-14(10-8-12)19-16(18(21)22-2)11-13-5-3-4-6-15(13)17(19)20/h3-10,16H,11H2,1-2H3. The highest BCUT2D eigenvalue weighted by Gasteiger charge is 2.38. The molecular weight excluding hydrogens is 278 g/mol. The maximum Gasteiger partial charge on any atom is 0.329 e. The molecule has 0 saturated heterocycles. The molecule has 2 aromatic rings. The van der Waals surface area contributed by atoms with E-state index in [1.165, 1.54) is 12.0 Å². The summed E-state index contributed by atoms with van der Waals surface area (Å²) < 4.78 is 4.90. The number of fused-ring (bicyclic) bond motifs is 1. The first-order valence-electron chi connectivity index (χ1n) is 7.18. The molecule has 0 bridgehead atoms. The van der Waals surface area contributed by atoms with Gasteiger partial charge in [0, 0.05) is 17.7 Å². The summed E-state index contributed by atoms with van der Waals surface area (Å²) in [5.74, 6) is -0.565. The van der Waals surface area contributed by atoms with Crippen molar-refractivity contribution in [3.63, 3.8) is 0 Å². The summed E-state index contributed by atoms with van der Waals surface area (Å²) in [6.45, 7) is 1.98. The number of benzene rings is 2. The van der Waals surface area contributed by atoms with Gasteiger partial charge in [-0.05, 0) is 30.7 Å². The Labute approximate surface area is 129 Å². The van der Waals surface area contributed by atoms with Crippen LogP contribution in [0, 0.1) is 6.92 Å². The average Bonchev–Trinajstić information content (AvgIpc) is 2.55. The van der Waals surface area contributed by atoms with E-state index in [2.05, 4.69) is 0 Å². The number of carbonyl (C=O) groups is 2. The van der Waals surface area contributed by atoms with Crippen LogP contribution in [0.4, 0.5) is 5.69 Å². The Morgan fingerprint density at radius 2 is 1.82 bits per heavy atom. The fraction of sp³-hybridized carbons (Fsp3) is 0.222. The van der Waals surface area contributed by atoms with Crippen molar-refractivity contribution >= 4 is 17.6 Å². The molecule has 1 aliphatic heterocycles. The lowest BCUT2D eigenvalue weighted by molar-refractivity contribution is -0.142. The molecule has 0 N–H and O–H groups in total. The third kappa shape index (κ3) is 2.37. The molecule has 22 heavy (non-hydrogen) atoms. The minimum absolute atomic E-state index is 0.166. The smallest absolute Gasteiger partial charge is 0.329 e. The van der Waals surface area contributed by atoms with Crippen LogP contribution in [0.5, 0.6) is 0 Å². The molecule has 0 fully saturated rings. The highest BCUT2D eigenvalue weighted by molar-refractivity contribution is 6.11. The lowest BCUT2D eigenvalue weighted by atomic mass is 9.92. The molecule has 0 aromatic heterocycles. The molecule has 4 nitrogen and oxygen atoms in total. The Kier molecular flexibility index (Phi) is 3.67. The van der Waals surface area contributed by atoms with Crippen molar-refractivity contribution in [2.24, 2.45) is 0 Å². The van der Waals surface area contributed by atoms with Gasteiger partial charge in [-0.15, -0.1) is 0 Å². The SMILES string of the molecule is COC(=O)C1Cc2ccccc2C(=O)N1c1ccc(C)cc1. The summed E-state index contributed by atoms with van der Waals surface area (Å²) >= 11 is 0. The summed E-state index contributed by atoms with van der Waals surface area (Å²) in [6, 6.07) is 14.3. The van der Waals surface area contributed by atoms with Crippen LogP contribution < -0.4 is 4.90 Å². The number of aryl methyl sites for hydroxylation is 1. The number of anilines is 1. The number of amides is 1. The van der Waals surface area contributed by atoms with Crippen molar-refractivity contribution in [3.05, 3.63) is 65.2 Å². The molecule has 4 heteroatoms. The van der Waals surface area contributed by atoms with E-state index in [9.17, 15) is 9.59 Å². The molecule has 2 aromatic carbocycles. The number of nitrogens with zero attached hydrogens (tertiary/aromatic N) is 1. The van der Waals surface area contributed by atoms with Gasteiger partial charge >= 0.3 is 5.97 Å². The maximum atomic E-state index is 12.9. The first kappa shape index (κ1) is 14.3. The highest BCUT2D eigenvalue weighted by atomic mass is 16.5. The Morgan fingerprint density at radius 1 is 1.14 bits per heavy atom. The maximum absolute atomic E-state index is 12.9. The summed E-state index contributed by atoms with van der Waals surface area (Å²) in [5, 5.41) is 0. The van der Waals surface area contributed by atoms with Crippen LogP contribution in [0.3, 0.4) is 0 Å². The van der Waals surface area contributed by atoms with Gasteiger partial charge in [0.15, 0.2) is 0 Å². The van der Waals surface area contributed by atoms with Crippen LogP contribution in [0.25, 0.3) is 0 Å². The van der Waals surface area contributed by atoms with Crippen LogP contribution in [0.15, 0.2) is 48.5 Å². The number of methoxy groups -OCH3 is 1. The fourth-order valence-corrected chi connectivity index (χ4v) is 2.81. The van der Waals surface area contributed by atoms with E-state index in [0.29, 0.717) is 17.7 Å². The Bertz CT molecular complexity index is 721. The second-order valence-corrected chi connectivity index (χ2v) is 5.41. The van der Waals surface area contributed by atoms with Gasteiger partial charge in [0.25, 0.3) is 5.91 Å². The van der Waals surface area contributed by atoms with E-state index in [-0.39, 0.29) is 5.91 Å². The van der Waals surface area contributed by atoms with Gasteiger partial charge in [-0.1, -0.05) is 35.9 Å². The predicted molar refractivity (Wildman–Crippen MR) is 83.9 cm³/mol. The monoisotopic (exact) mass is 295 g/mol. The third-order valence-electron chi connectivity index (χ3n) is 3.98. The number of hydrogen-bond acceptors (Lipinski definition) is 3. The second-order valence-electron chi connectivity index (χ2n) is 5.41. The van der Waals surface area contributed by atoms with Crippen LogP contribution in [0.2, 0.25) is 0 Å². The minimum atomic E-state index is -0.630. The summed E-state index contributed by atoms with van der Waals surface area (Å²) in [4.78, 5) is 26.5. The van der Waals surface area contributed by atoms with Crippen LogP contribution in [-0.2, 0) is 16.0 Å². The van der Waals surface area contributed by atoms with Crippen molar-refractivity contribution in [2.75, 3.05) is 12.0 Å². The molecule has 1 heterocycles. The number of hydrogen-bond donors (Lipinski definition) is 0. The normalized spacial score (nSPS) is 17.1. The highest BCUT2D eigenvalue weighted by Crippen LogP contribution is 2.29. The molecule has 0 aliphatic carbocycles. The lowest BCUT2D eigenvalue weighted by Gasteiger charge is -2.35. The zero-order valence-corrected chi connectivity index (χ0v) is 12.6. The molecule has 1 aliphatic rings. The summed E-state index contributed by atoms with van der Waals surface area (Å²) in [6.07, 6.45) is 0.461. The van der Waals surface area contributed by atoms with Crippen molar-refractivity contribution in [1.29, 1.82) is 0 Å². The first-order valence-corrected chi connectivity index (χ1v) is 7.18. The van der Waals surface area contributed by atoms with Gasteiger partial charge in [0.1, 0.15) is 6.04 Å². The molecular formula is C18H17NO3. The van der Waals surface area contributed by atoms with Gasteiger partial charge in [0.2, 0.25) is 0 Å². The molecule has 1 unspecified atom stereocenters. The Morgan fingerprint density at radius 3 is 2.50 bits per heavy atom. The average molecular weight is 295 g/mol. The molecule has 3 rings (SSSR count). The molecule has 1 atom stereocenters. The van der Waals surface area contributed by atoms with E-state index in [0.717, 1.165) is 11.1 Å². The van der Waals surface area contributed by atoms with Gasteiger partial charge < -0.3 is 4.74 Å². The predicted octanol–water partition coefficient (Wildman–Crippen LogP) is 2.74. The van der Waals surface area contributed by atoms with Crippen LogP contribution in [-0.4, -0.2) is 25.0 Å². The minimum Gasteiger partial charge on any atom is -0.467 e. The number of carbonyl (C=O) groups excluding carboxylic acids is 2. The second kappa shape index (κ2) is 5.64. The van der Waals surface area contributed by atoms with Crippen molar-refractivity contribution in [1.82, 2.24) is 0 Å². The van der Waals surface area contributed by atoms with E-state index < -0.39 is 12.0 Å². The molecule has 1 amide bonds. The number of rotatable bonds is 2. The van der Waals surface area contributed by atoms with Crippen LogP contribution in [0.1, 0.15) is 21.5 Å². The van der Waals surface area contributed by atoms with E-state index >= 15 is 0 Å². The zero-order chi connectivity index (χ0) is 15.7. The topological polar surface area (TPSA) is 46.6 Å². The quantitative estimate of drug-likeness (QED) is 0.800. The summed E-state index contributed by atoms with van der Waals surface area (Å²) in [5.41, 5.74) is 3.33. The lowest BCUT2D eigenvalue weighted by Crippen LogP contribution is -2.50. The van der Waals surface area contributed by atoms with Gasteiger partial charge in [0.05, 0.1) is 7.11 Å². The number of ether oxygens (including phenoxy) is 1. The molecule has 0 spiro atoms. The molecule has 0 saturated carbocycles. The van der Waals surface area contributed by atoms with Crippen LogP contribution >= 0.6 is 0 Å². The molecule has 0 radical (unpaired) electrons. The van der Waals surface area contributed by atoms with Gasteiger partial charge in [-0.3, -0.25) is 9.69 Å². The summed E-state index contributed by atoms with van der Waals surface area (Å²) in [7, 11) is 1.35.